The first-order valence-electron chi connectivity index (χ1n) is 8.85. The Balaban J connectivity index is 2.09. The van der Waals surface area contributed by atoms with Crippen molar-refractivity contribution in [1.82, 2.24) is 0 Å². The second-order valence-electron chi connectivity index (χ2n) is 8.23. The summed E-state index contributed by atoms with van der Waals surface area (Å²) in [5, 5.41) is 21.4. The molecule has 24 heavy (non-hydrogen) atoms. The van der Waals surface area contributed by atoms with Gasteiger partial charge < -0.3 is 14.9 Å². The maximum absolute atomic E-state index is 12.3. The number of rotatable bonds is 0. The number of hydrogen-bond donors (Lipinski definition) is 2. The molecule has 0 aromatic carbocycles. The SMILES string of the molecule is C=C1CC[C@@H]2CCC3=C(C(O)(C/C(C)=C/C(O)C1)OC3=O)C2(C)C. The smallest absolute Gasteiger partial charge is 0.336 e. The van der Waals surface area contributed by atoms with Gasteiger partial charge in [-0.2, -0.15) is 0 Å². The summed E-state index contributed by atoms with van der Waals surface area (Å²) < 4.78 is 5.45. The first-order valence-corrected chi connectivity index (χ1v) is 8.85. The van der Waals surface area contributed by atoms with Crippen molar-refractivity contribution in [3.63, 3.8) is 0 Å². The predicted molar refractivity (Wildman–Crippen MR) is 91.9 cm³/mol. The molecule has 2 unspecified atom stereocenters. The van der Waals surface area contributed by atoms with Crippen molar-refractivity contribution >= 4 is 5.97 Å². The third kappa shape index (κ3) is 2.86. The summed E-state index contributed by atoms with van der Waals surface area (Å²) in [6.45, 7) is 10.2. The van der Waals surface area contributed by atoms with Crippen molar-refractivity contribution in [1.29, 1.82) is 0 Å². The lowest BCUT2D eigenvalue weighted by atomic mass is 9.61. The summed E-state index contributed by atoms with van der Waals surface area (Å²) in [4.78, 5) is 12.3. The van der Waals surface area contributed by atoms with E-state index in [9.17, 15) is 15.0 Å². The van der Waals surface area contributed by atoms with Crippen LogP contribution < -0.4 is 0 Å². The van der Waals surface area contributed by atoms with Crippen LogP contribution >= 0.6 is 0 Å². The molecule has 3 aliphatic rings. The van der Waals surface area contributed by atoms with Gasteiger partial charge in [0.2, 0.25) is 5.79 Å². The quantitative estimate of drug-likeness (QED) is 0.527. The Morgan fingerprint density at radius 1 is 1.29 bits per heavy atom. The second kappa shape index (κ2) is 5.85. The van der Waals surface area contributed by atoms with Gasteiger partial charge >= 0.3 is 5.97 Å². The van der Waals surface area contributed by atoms with E-state index in [4.69, 9.17) is 4.74 Å². The number of aliphatic hydroxyl groups is 2. The van der Waals surface area contributed by atoms with Gasteiger partial charge in [-0.3, -0.25) is 0 Å². The van der Waals surface area contributed by atoms with Crippen molar-refractivity contribution in [2.75, 3.05) is 0 Å². The molecule has 2 aliphatic carbocycles. The molecule has 2 bridgehead atoms. The fraction of sp³-hybridized carbons (Fsp3) is 0.650. The molecule has 0 aromatic heterocycles. The summed E-state index contributed by atoms with van der Waals surface area (Å²) in [6, 6.07) is 0. The van der Waals surface area contributed by atoms with Crippen LogP contribution in [-0.2, 0) is 9.53 Å². The summed E-state index contributed by atoms with van der Waals surface area (Å²) in [5.41, 5.74) is 2.98. The molecule has 3 atom stereocenters. The van der Waals surface area contributed by atoms with Crippen LogP contribution in [0.4, 0.5) is 0 Å². The zero-order valence-electron chi connectivity index (χ0n) is 14.9. The molecule has 0 fully saturated rings. The molecule has 0 radical (unpaired) electrons. The van der Waals surface area contributed by atoms with E-state index < -0.39 is 11.9 Å². The van der Waals surface area contributed by atoms with Gasteiger partial charge in [-0.25, -0.2) is 4.79 Å². The molecular weight excluding hydrogens is 304 g/mol. The van der Waals surface area contributed by atoms with Gasteiger partial charge in [0.1, 0.15) is 0 Å². The fourth-order valence-corrected chi connectivity index (χ4v) is 4.84. The van der Waals surface area contributed by atoms with Gasteiger partial charge in [-0.15, -0.1) is 0 Å². The largest absolute Gasteiger partial charge is 0.425 e. The molecule has 4 heteroatoms. The highest BCUT2D eigenvalue weighted by Crippen LogP contribution is 2.55. The van der Waals surface area contributed by atoms with E-state index in [2.05, 4.69) is 20.4 Å². The van der Waals surface area contributed by atoms with Crippen LogP contribution in [-0.4, -0.2) is 28.1 Å². The lowest BCUT2D eigenvalue weighted by molar-refractivity contribution is -0.184. The van der Waals surface area contributed by atoms with Crippen LogP contribution in [0.3, 0.4) is 0 Å². The summed E-state index contributed by atoms with van der Waals surface area (Å²) >= 11 is 0. The van der Waals surface area contributed by atoms with E-state index in [1.165, 1.54) is 0 Å². The van der Waals surface area contributed by atoms with E-state index >= 15 is 0 Å². The average Bonchev–Trinajstić information content (AvgIpc) is 2.67. The molecule has 2 N–H and O–H groups in total. The lowest BCUT2D eigenvalue weighted by Crippen LogP contribution is -2.42. The summed E-state index contributed by atoms with van der Waals surface area (Å²) in [7, 11) is 0. The zero-order valence-corrected chi connectivity index (χ0v) is 14.9. The number of carbonyl (C=O) groups excluding carboxylic acids is 1. The third-order valence-corrected chi connectivity index (χ3v) is 5.95. The Morgan fingerprint density at radius 3 is 2.67 bits per heavy atom. The van der Waals surface area contributed by atoms with Crippen molar-refractivity contribution in [3.8, 4) is 0 Å². The van der Waals surface area contributed by atoms with Gasteiger partial charge in [0, 0.05) is 17.6 Å². The molecule has 0 aromatic rings. The molecule has 4 nitrogen and oxygen atoms in total. The maximum Gasteiger partial charge on any atom is 0.336 e. The van der Waals surface area contributed by atoms with Crippen LogP contribution in [0, 0.1) is 11.3 Å². The number of hydrogen-bond acceptors (Lipinski definition) is 4. The number of esters is 1. The van der Waals surface area contributed by atoms with Crippen LogP contribution in [0.25, 0.3) is 0 Å². The first kappa shape index (κ1) is 17.4. The Kier molecular flexibility index (Phi) is 4.25. The maximum atomic E-state index is 12.3. The normalized spacial score (nSPS) is 38.8. The Bertz CT molecular complexity index is 640. The minimum Gasteiger partial charge on any atom is -0.425 e. The molecule has 1 aliphatic heterocycles. The monoisotopic (exact) mass is 332 g/mol. The molecule has 0 saturated heterocycles. The lowest BCUT2D eigenvalue weighted by Gasteiger charge is -2.44. The minimum atomic E-state index is -1.58. The highest BCUT2D eigenvalue weighted by atomic mass is 16.7. The van der Waals surface area contributed by atoms with Crippen molar-refractivity contribution in [3.05, 3.63) is 34.9 Å². The van der Waals surface area contributed by atoms with Crippen LogP contribution in [0.1, 0.15) is 59.3 Å². The fourth-order valence-electron chi connectivity index (χ4n) is 4.84. The van der Waals surface area contributed by atoms with E-state index in [1.807, 2.05) is 6.92 Å². The first-order chi connectivity index (χ1) is 11.1. The van der Waals surface area contributed by atoms with Crippen molar-refractivity contribution in [2.45, 2.75) is 71.2 Å². The van der Waals surface area contributed by atoms with Crippen molar-refractivity contribution < 1.29 is 19.7 Å². The summed E-state index contributed by atoms with van der Waals surface area (Å²) in [6.07, 6.45) is 5.26. The standard InChI is InChI=1S/C20H28O4/c1-12-5-6-14-7-8-16-17(19(14,3)4)20(23,24-18(16)22)11-13(2)10-15(21)9-12/h10,14-15,21,23H,1,5-9,11H2,2-4H3/b13-10+/t14-,15?,20?/m1/s1. The van der Waals surface area contributed by atoms with Crippen LogP contribution in [0.5, 0.6) is 0 Å². The van der Waals surface area contributed by atoms with E-state index in [1.54, 1.807) is 6.08 Å². The van der Waals surface area contributed by atoms with Gasteiger partial charge in [-0.05, 0) is 50.4 Å². The highest BCUT2D eigenvalue weighted by Gasteiger charge is 2.55. The van der Waals surface area contributed by atoms with Gasteiger partial charge in [0.25, 0.3) is 0 Å². The van der Waals surface area contributed by atoms with E-state index in [0.717, 1.165) is 36.0 Å². The minimum absolute atomic E-state index is 0.206. The van der Waals surface area contributed by atoms with Crippen molar-refractivity contribution in [2.24, 2.45) is 11.3 Å². The van der Waals surface area contributed by atoms with E-state index in [0.29, 0.717) is 24.3 Å². The number of aliphatic hydroxyl groups excluding tert-OH is 1. The molecule has 0 saturated carbocycles. The topological polar surface area (TPSA) is 66.8 Å². The highest BCUT2D eigenvalue weighted by molar-refractivity contribution is 5.93. The zero-order chi connectivity index (χ0) is 17.7. The number of ether oxygens (including phenoxy) is 1. The molecular formula is C20H28O4. The molecule has 1 heterocycles. The Morgan fingerprint density at radius 2 is 1.96 bits per heavy atom. The average molecular weight is 332 g/mol. The van der Waals surface area contributed by atoms with Crippen LogP contribution in [0.2, 0.25) is 0 Å². The third-order valence-electron chi connectivity index (χ3n) is 5.95. The van der Waals surface area contributed by atoms with Gasteiger partial charge in [0.15, 0.2) is 0 Å². The Hall–Kier alpha value is -1.39. The molecule has 132 valence electrons. The predicted octanol–water partition coefficient (Wildman–Crippen LogP) is 3.40. The van der Waals surface area contributed by atoms with Crippen LogP contribution in [0.15, 0.2) is 34.9 Å². The molecule has 0 amide bonds. The Labute approximate surface area is 143 Å². The summed E-state index contributed by atoms with van der Waals surface area (Å²) in [5.74, 6) is -1.60. The van der Waals surface area contributed by atoms with Gasteiger partial charge in [-0.1, -0.05) is 37.6 Å². The van der Waals surface area contributed by atoms with Gasteiger partial charge in [0.05, 0.1) is 6.10 Å². The van der Waals surface area contributed by atoms with E-state index in [-0.39, 0.29) is 17.8 Å². The number of carbonyl (C=O) groups is 1. The number of fused-ring (bicyclic) bond motifs is 1. The second-order valence-corrected chi connectivity index (χ2v) is 8.23. The molecule has 3 rings (SSSR count). The molecule has 0 spiro atoms.